The van der Waals surface area contributed by atoms with Gasteiger partial charge in [-0.15, -0.1) is 0 Å². The molecule has 0 spiro atoms. The molecule has 1 fully saturated rings. The number of aliphatic hydroxyl groups excluding tert-OH is 2. The molecule has 9 N–H and O–H groups in total. The van der Waals surface area contributed by atoms with Crippen molar-refractivity contribution in [2.24, 2.45) is 11.5 Å². The van der Waals surface area contributed by atoms with E-state index in [2.05, 4.69) is 27.6 Å². The first kappa shape index (κ1) is 22.3. The molecule has 0 saturated carbocycles. The SMILES string of the molecule is C[C@@H](S)[C@](C)(N)C(=O)[C@@]1(O)[C@H](O)[C@@H](CO)O[C@@]1(C(N)=O)n1cnc2c(N)ncnc21. The molecule has 30 heavy (non-hydrogen) atoms. The van der Waals surface area contributed by atoms with Gasteiger partial charge >= 0.3 is 0 Å². The van der Waals surface area contributed by atoms with Crippen LogP contribution < -0.4 is 17.2 Å². The Morgan fingerprint density at radius 1 is 1.43 bits per heavy atom. The van der Waals surface area contributed by atoms with Crippen LogP contribution in [0.2, 0.25) is 0 Å². The number of thiol groups is 1. The molecule has 6 atom stereocenters. The number of Topliss-reactive ketones (excluding diaryl/α,β-unsaturated/α-hetero) is 1. The molecule has 2 aromatic rings. The molecule has 164 valence electrons. The maximum absolute atomic E-state index is 13.5. The van der Waals surface area contributed by atoms with Gasteiger partial charge in [-0.05, 0) is 6.92 Å². The van der Waals surface area contributed by atoms with E-state index in [1.54, 1.807) is 0 Å². The fourth-order valence-electron chi connectivity index (χ4n) is 3.56. The van der Waals surface area contributed by atoms with Crippen molar-refractivity contribution in [1.82, 2.24) is 19.5 Å². The van der Waals surface area contributed by atoms with Crippen LogP contribution in [-0.2, 0) is 20.1 Å². The number of imidazole rings is 1. The number of anilines is 1. The number of aliphatic hydroxyl groups is 3. The molecule has 0 unspecified atom stereocenters. The zero-order valence-corrected chi connectivity index (χ0v) is 17.0. The van der Waals surface area contributed by atoms with E-state index < -0.39 is 52.6 Å². The monoisotopic (exact) mass is 441 g/mol. The largest absolute Gasteiger partial charge is 0.394 e. The number of fused-ring (bicyclic) bond motifs is 1. The number of carbonyl (C=O) groups is 2. The van der Waals surface area contributed by atoms with Crippen LogP contribution in [0.4, 0.5) is 5.82 Å². The number of aromatic nitrogens is 4. The Balaban J connectivity index is 2.39. The van der Waals surface area contributed by atoms with Crippen LogP contribution in [0.15, 0.2) is 12.7 Å². The fourth-order valence-corrected chi connectivity index (χ4v) is 3.67. The topological polar surface area (TPSA) is 226 Å². The Labute approximate surface area is 175 Å². The van der Waals surface area contributed by atoms with Crippen molar-refractivity contribution in [3.05, 3.63) is 12.7 Å². The van der Waals surface area contributed by atoms with Gasteiger partial charge in [0.15, 0.2) is 17.2 Å². The second-order valence-corrected chi connectivity index (χ2v) is 8.17. The van der Waals surface area contributed by atoms with E-state index >= 15 is 0 Å². The number of hydrogen-bond donors (Lipinski definition) is 7. The number of rotatable bonds is 6. The smallest absolute Gasteiger partial charge is 0.275 e. The number of nitrogens with zero attached hydrogens (tertiary/aromatic N) is 4. The lowest BCUT2D eigenvalue weighted by Crippen LogP contribution is -2.73. The minimum atomic E-state index is -3.04. The maximum atomic E-state index is 13.5. The maximum Gasteiger partial charge on any atom is 0.275 e. The van der Waals surface area contributed by atoms with Crippen LogP contribution in [0.25, 0.3) is 11.2 Å². The van der Waals surface area contributed by atoms with Crippen molar-refractivity contribution in [3.8, 4) is 0 Å². The Bertz CT molecular complexity index is 1010. The summed E-state index contributed by atoms with van der Waals surface area (Å²) in [6.45, 7) is 1.90. The molecule has 3 heterocycles. The lowest BCUT2D eigenvalue weighted by atomic mass is 9.73. The molecule has 3 rings (SSSR count). The number of hydrogen-bond acceptors (Lipinski definition) is 12. The zero-order valence-electron chi connectivity index (χ0n) is 16.1. The van der Waals surface area contributed by atoms with Crippen molar-refractivity contribution in [2.45, 2.75) is 48.2 Å². The first-order valence-electron chi connectivity index (χ1n) is 8.82. The van der Waals surface area contributed by atoms with E-state index in [1.165, 1.54) is 13.8 Å². The van der Waals surface area contributed by atoms with Gasteiger partial charge in [0.05, 0.1) is 12.1 Å². The number of ketones is 1. The van der Waals surface area contributed by atoms with Gasteiger partial charge in [0, 0.05) is 5.25 Å². The van der Waals surface area contributed by atoms with E-state index in [-0.39, 0.29) is 17.0 Å². The van der Waals surface area contributed by atoms with Crippen LogP contribution in [0, 0.1) is 0 Å². The summed E-state index contributed by atoms with van der Waals surface area (Å²) in [4.78, 5) is 38.0. The minimum Gasteiger partial charge on any atom is -0.394 e. The minimum absolute atomic E-state index is 0.0246. The molecule has 1 amide bonds. The second kappa shape index (κ2) is 7.11. The first-order valence-corrected chi connectivity index (χ1v) is 9.33. The summed E-state index contributed by atoms with van der Waals surface area (Å²) in [6, 6.07) is 0. The van der Waals surface area contributed by atoms with Gasteiger partial charge in [0.2, 0.25) is 5.60 Å². The lowest BCUT2D eigenvalue weighted by Gasteiger charge is -2.43. The molecular weight excluding hydrogens is 418 g/mol. The number of nitrogens with two attached hydrogens (primary N) is 3. The van der Waals surface area contributed by atoms with Crippen LogP contribution >= 0.6 is 12.6 Å². The lowest BCUT2D eigenvalue weighted by molar-refractivity contribution is -0.203. The van der Waals surface area contributed by atoms with Gasteiger partial charge in [0.25, 0.3) is 11.6 Å². The summed E-state index contributed by atoms with van der Waals surface area (Å²) in [5.74, 6) is -2.62. The van der Waals surface area contributed by atoms with Gasteiger partial charge in [-0.25, -0.2) is 15.0 Å². The second-order valence-electron chi connectivity index (χ2n) is 7.39. The summed E-state index contributed by atoms with van der Waals surface area (Å²) in [5.41, 5.74) is 9.73. The highest BCUT2D eigenvalue weighted by Crippen LogP contribution is 2.47. The van der Waals surface area contributed by atoms with E-state index in [0.717, 1.165) is 17.2 Å². The van der Waals surface area contributed by atoms with Gasteiger partial charge in [-0.2, -0.15) is 12.6 Å². The van der Waals surface area contributed by atoms with Crippen molar-refractivity contribution in [2.75, 3.05) is 12.3 Å². The molecule has 1 aliphatic rings. The number of carbonyl (C=O) groups excluding carboxylic acids is 2. The van der Waals surface area contributed by atoms with E-state index in [0.29, 0.717) is 0 Å². The third-order valence-electron chi connectivity index (χ3n) is 5.54. The third kappa shape index (κ3) is 2.65. The predicted molar refractivity (Wildman–Crippen MR) is 106 cm³/mol. The average Bonchev–Trinajstić information content (AvgIpc) is 3.21. The summed E-state index contributed by atoms with van der Waals surface area (Å²) >= 11 is 4.18. The third-order valence-corrected chi connectivity index (χ3v) is 6.07. The Kier molecular flexibility index (Phi) is 5.29. The molecule has 0 bridgehead atoms. The molecule has 13 nitrogen and oxygen atoms in total. The Morgan fingerprint density at radius 3 is 2.60 bits per heavy atom. The highest BCUT2D eigenvalue weighted by Gasteiger charge is 2.75. The van der Waals surface area contributed by atoms with Crippen LogP contribution in [0.5, 0.6) is 0 Å². The van der Waals surface area contributed by atoms with Crippen molar-refractivity contribution in [3.63, 3.8) is 0 Å². The molecular formula is C16H23N7O6S. The standard InChI is InChI=1S/C16H23N7O6S/c1-6(30)14(2,19)12(26)15(28)9(25)7(3-24)29-16(15,13(18)27)23-5-22-8-10(17)20-4-21-11(8)23/h4-7,9,24-25,28,30H,3,19H2,1-2H3,(H2,18,27)(H2,17,20,21)/t6-,7-,9-,14+,15+,16-/m1/s1. The Hall–Kier alpha value is -2.36. The van der Waals surface area contributed by atoms with Crippen molar-refractivity contribution >= 4 is 41.3 Å². The van der Waals surface area contributed by atoms with Crippen LogP contribution in [0.3, 0.4) is 0 Å². The van der Waals surface area contributed by atoms with Crippen molar-refractivity contribution < 1.29 is 29.6 Å². The summed E-state index contributed by atoms with van der Waals surface area (Å²) in [5, 5.41) is 31.3. The van der Waals surface area contributed by atoms with E-state index in [4.69, 9.17) is 21.9 Å². The fraction of sp³-hybridized carbons (Fsp3) is 0.562. The molecule has 14 heteroatoms. The van der Waals surface area contributed by atoms with Gasteiger partial charge in [0.1, 0.15) is 30.4 Å². The number of primary amides is 1. The molecule has 0 aliphatic carbocycles. The van der Waals surface area contributed by atoms with E-state index in [9.17, 15) is 24.9 Å². The molecule has 1 aliphatic heterocycles. The summed E-state index contributed by atoms with van der Waals surface area (Å²) in [6.07, 6.45) is -1.60. The number of nitrogen functional groups attached to an aromatic ring is 1. The molecule has 0 aromatic carbocycles. The number of ether oxygens (including phenoxy) is 1. The van der Waals surface area contributed by atoms with E-state index in [1.807, 2.05) is 0 Å². The zero-order chi connectivity index (χ0) is 22.6. The quantitative estimate of drug-likeness (QED) is 0.219. The summed E-state index contributed by atoms with van der Waals surface area (Å²) < 4.78 is 6.45. The average molecular weight is 441 g/mol. The predicted octanol–water partition coefficient (Wildman–Crippen LogP) is -3.37. The van der Waals surface area contributed by atoms with Gasteiger partial charge in [-0.1, -0.05) is 6.92 Å². The van der Waals surface area contributed by atoms with Crippen LogP contribution in [-0.4, -0.2) is 81.7 Å². The molecule has 2 aromatic heterocycles. The molecule has 1 saturated heterocycles. The first-order chi connectivity index (χ1) is 13.9. The Morgan fingerprint density at radius 2 is 2.07 bits per heavy atom. The summed E-state index contributed by atoms with van der Waals surface area (Å²) in [7, 11) is 0. The number of amides is 1. The highest BCUT2D eigenvalue weighted by atomic mass is 32.1. The molecule has 0 radical (unpaired) electrons. The normalized spacial score (nSPS) is 32.1. The van der Waals surface area contributed by atoms with Gasteiger partial charge in [-0.3, -0.25) is 14.2 Å². The highest BCUT2D eigenvalue weighted by molar-refractivity contribution is 7.81. The van der Waals surface area contributed by atoms with Gasteiger partial charge < -0.3 is 37.3 Å². The van der Waals surface area contributed by atoms with Crippen LogP contribution in [0.1, 0.15) is 13.8 Å². The van der Waals surface area contributed by atoms with Crippen molar-refractivity contribution in [1.29, 1.82) is 0 Å².